The topological polar surface area (TPSA) is 53.5 Å². The summed E-state index contributed by atoms with van der Waals surface area (Å²) < 4.78 is 28.0. The molecule has 0 unspecified atom stereocenters. The molecule has 0 atom stereocenters. The second-order valence-electron chi connectivity index (χ2n) is 7.05. The fourth-order valence-corrected chi connectivity index (χ4v) is 4.47. The number of para-hydroxylation sites is 1. The van der Waals surface area contributed by atoms with Gasteiger partial charge in [0.05, 0.1) is 15.8 Å². The largest absolute Gasteiger partial charge is 0.339 e. The summed E-state index contributed by atoms with van der Waals surface area (Å²) in [4.78, 5) is 33.0. The van der Waals surface area contributed by atoms with E-state index in [2.05, 4.69) is 4.98 Å². The van der Waals surface area contributed by atoms with E-state index in [0.717, 1.165) is 22.3 Å². The predicted octanol–water partition coefficient (Wildman–Crippen LogP) is 4.09. The number of rotatable bonds is 3. The number of aromatic nitrogens is 1. The Hall–Kier alpha value is -2.87. The van der Waals surface area contributed by atoms with E-state index in [0.29, 0.717) is 37.1 Å². The van der Waals surface area contributed by atoms with Gasteiger partial charge in [-0.3, -0.25) is 14.5 Å². The van der Waals surface area contributed by atoms with E-state index in [1.807, 2.05) is 24.3 Å². The van der Waals surface area contributed by atoms with Crippen molar-refractivity contribution >= 4 is 38.5 Å². The Morgan fingerprint density at radius 3 is 2.55 bits per heavy atom. The van der Waals surface area contributed by atoms with Gasteiger partial charge in [-0.2, -0.15) is 0 Å². The Morgan fingerprint density at radius 1 is 1.14 bits per heavy atom. The number of hydrogen-bond donors (Lipinski definition) is 0. The highest BCUT2D eigenvalue weighted by atomic mass is 32.1. The van der Waals surface area contributed by atoms with Crippen molar-refractivity contribution in [2.24, 2.45) is 5.92 Å². The molecule has 0 aliphatic carbocycles. The summed E-state index contributed by atoms with van der Waals surface area (Å²) >= 11 is 1.46. The number of benzene rings is 2. The maximum Gasteiger partial charge on any atom is 0.256 e. The van der Waals surface area contributed by atoms with Gasteiger partial charge in [-0.25, -0.2) is 13.8 Å². The average molecular weight is 415 g/mol. The highest BCUT2D eigenvalue weighted by Gasteiger charge is 2.31. The van der Waals surface area contributed by atoms with Crippen molar-refractivity contribution in [1.29, 1.82) is 0 Å². The molecule has 1 aliphatic heterocycles. The minimum absolute atomic E-state index is 0.0379. The lowest BCUT2D eigenvalue weighted by atomic mass is 9.95. The van der Waals surface area contributed by atoms with Crippen LogP contribution in [0.1, 0.15) is 23.2 Å². The van der Waals surface area contributed by atoms with Crippen molar-refractivity contribution in [3.05, 3.63) is 59.7 Å². The molecule has 1 aliphatic rings. The Bertz CT molecular complexity index is 1040. The fraction of sp³-hybridized carbons (Fsp3) is 0.286. The molecule has 0 spiro atoms. The number of carbonyl (C=O) groups excluding carboxylic acids is 2. The van der Waals surface area contributed by atoms with Crippen molar-refractivity contribution in [1.82, 2.24) is 9.88 Å². The first-order valence-electron chi connectivity index (χ1n) is 9.31. The van der Waals surface area contributed by atoms with Crippen molar-refractivity contribution in [2.45, 2.75) is 12.8 Å². The monoisotopic (exact) mass is 415 g/mol. The first kappa shape index (κ1) is 19.4. The maximum absolute atomic E-state index is 13.9. The molecule has 1 saturated heterocycles. The smallest absolute Gasteiger partial charge is 0.256 e. The van der Waals surface area contributed by atoms with Crippen molar-refractivity contribution in [2.75, 3.05) is 25.0 Å². The van der Waals surface area contributed by atoms with Crippen LogP contribution in [-0.2, 0) is 4.79 Å². The first-order valence-corrected chi connectivity index (χ1v) is 10.1. The van der Waals surface area contributed by atoms with Gasteiger partial charge >= 0.3 is 0 Å². The number of halogens is 2. The lowest BCUT2D eigenvalue weighted by Gasteiger charge is -2.32. The number of anilines is 1. The van der Waals surface area contributed by atoms with Gasteiger partial charge in [0.1, 0.15) is 11.6 Å². The van der Waals surface area contributed by atoms with Crippen LogP contribution in [0.2, 0.25) is 0 Å². The van der Waals surface area contributed by atoms with Crippen LogP contribution in [0.4, 0.5) is 13.9 Å². The number of hydrogen-bond acceptors (Lipinski definition) is 4. The zero-order chi connectivity index (χ0) is 20.5. The lowest BCUT2D eigenvalue weighted by Crippen LogP contribution is -2.43. The van der Waals surface area contributed by atoms with Crippen LogP contribution in [0, 0.1) is 17.6 Å². The molecule has 0 bridgehead atoms. The molecule has 2 heterocycles. The van der Waals surface area contributed by atoms with Crippen LogP contribution in [0.25, 0.3) is 10.2 Å². The number of fused-ring (bicyclic) bond motifs is 1. The van der Waals surface area contributed by atoms with Crippen molar-refractivity contribution in [3.8, 4) is 0 Å². The van der Waals surface area contributed by atoms with E-state index in [1.165, 1.54) is 16.2 Å². The van der Waals surface area contributed by atoms with Gasteiger partial charge in [-0.1, -0.05) is 23.5 Å². The standard InChI is InChI=1S/C21H19F2N3O2S/c1-25(21-24-17-4-2-3-5-18(17)29-21)19(27)13-8-10-26(11-9-13)20(28)15-7-6-14(22)12-16(15)23/h2-7,12-13H,8-11H2,1H3. The van der Waals surface area contributed by atoms with E-state index in [1.54, 1.807) is 11.9 Å². The number of piperidine rings is 1. The number of amides is 2. The Morgan fingerprint density at radius 2 is 1.86 bits per heavy atom. The summed E-state index contributed by atoms with van der Waals surface area (Å²) in [5.41, 5.74) is 0.705. The molecular formula is C21H19F2N3O2S. The summed E-state index contributed by atoms with van der Waals surface area (Å²) in [5, 5.41) is 0.642. The summed E-state index contributed by atoms with van der Waals surface area (Å²) in [5.74, 6) is -2.34. The molecule has 2 aromatic carbocycles. The Kier molecular flexibility index (Phi) is 5.27. The number of carbonyl (C=O) groups is 2. The number of likely N-dealkylation sites (tertiary alicyclic amines) is 1. The molecule has 0 saturated carbocycles. The fourth-order valence-electron chi connectivity index (χ4n) is 3.53. The lowest BCUT2D eigenvalue weighted by molar-refractivity contribution is -0.123. The summed E-state index contributed by atoms with van der Waals surface area (Å²) in [7, 11) is 1.71. The van der Waals surface area contributed by atoms with E-state index in [-0.39, 0.29) is 17.4 Å². The molecular weight excluding hydrogens is 396 g/mol. The first-order chi connectivity index (χ1) is 13.9. The van der Waals surface area contributed by atoms with Gasteiger partial charge in [0.2, 0.25) is 5.91 Å². The zero-order valence-electron chi connectivity index (χ0n) is 15.8. The Labute approximate surface area is 170 Å². The van der Waals surface area contributed by atoms with Gasteiger partial charge < -0.3 is 4.90 Å². The van der Waals surface area contributed by atoms with Crippen LogP contribution < -0.4 is 4.90 Å². The molecule has 150 valence electrons. The minimum atomic E-state index is -0.872. The highest BCUT2D eigenvalue weighted by molar-refractivity contribution is 7.22. The number of nitrogens with zero attached hydrogens (tertiary/aromatic N) is 3. The van der Waals surface area contributed by atoms with Crippen LogP contribution in [-0.4, -0.2) is 41.8 Å². The van der Waals surface area contributed by atoms with Crippen molar-refractivity contribution < 1.29 is 18.4 Å². The molecule has 0 N–H and O–H groups in total. The number of thiazole rings is 1. The van der Waals surface area contributed by atoms with E-state index >= 15 is 0 Å². The third kappa shape index (κ3) is 3.85. The molecule has 1 aromatic heterocycles. The minimum Gasteiger partial charge on any atom is -0.339 e. The quantitative estimate of drug-likeness (QED) is 0.648. The van der Waals surface area contributed by atoms with Crippen LogP contribution in [0.5, 0.6) is 0 Å². The second-order valence-corrected chi connectivity index (χ2v) is 8.06. The third-order valence-corrected chi connectivity index (χ3v) is 6.31. The van der Waals surface area contributed by atoms with Crippen LogP contribution >= 0.6 is 11.3 Å². The highest BCUT2D eigenvalue weighted by Crippen LogP contribution is 2.30. The van der Waals surface area contributed by atoms with Gasteiger partial charge in [-0.15, -0.1) is 0 Å². The van der Waals surface area contributed by atoms with Crippen LogP contribution in [0.15, 0.2) is 42.5 Å². The van der Waals surface area contributed by atoms with Gasteiger partial charge in [0, 0.05) is 32.1 Å². The molecule has 4 rings (SSSR count). The van der Waals surface area contributed by atoms with Gasteiger partial charge in [0.15, 0.2) is 5.13 Å². The van der Waals surface area contributed by atoms with Gasteiger partial charge in [-0.05, 0) is 37.1 Å². The molecule has 8 heteroatoms. The molecule has 2 amide bonds. The summed E-state index contributed by atoms with van der Waals surface area (Å²) in [6, 6.07) is 10.6. The van der Waals surface area contributed by atoms with Gasteiger partial charge in [0.25, 0.3) is 5.91 Å². The van der Waals surface area contributed by atoms with E-state index in [9.17, 15) is 18.4 Å². The molecule has 29 heavy (non-hydrogen) atoms. The van der Waals surface area contributed by atoms with Crippen LogP contribution in [0.3, 0.4) is 0 Å². The zero-order valence-corrected chi connectivity index (χ0v) is 16.6. The maximum atomic E-state index is 13.9. The summed E-state index contributed by atoms with van der Waals surface area (Å²) in [6.07, 6.45) is 0.977. The second kappa shape index (κ2) is 7.87. The van der Waals surface area contributed by atoms with Crippen molar-refractivity contribution in [3.63, 3.8) is 0 Å². The van der Waals surface area contributed by atoms with E-state index in [4.69, 9.17) is 0 Å². The molecule has 5 nitrogen and oxygen atoms in total. The average Bonchev–Trinajstić information content (AvgIpc) is 3.16. The SMILES string of the molecule is CN(C(=O)C1CCN(C(=O)c2ccc(F)cc2F)CC1)c1nc2ccccc2s1. The Balaban J connectivity index is 1.40. The summed E-state index contributed by atoms with van der Waals surface area (Å²) in [6.45, 7) is 0.694. The predicted molar refractivity (Wildman–Crippen MR) is 108 cm³/mol. The molecule has 3 aromatic rings. The normalized spacial score (nSPS) is 14.9. The molecule has 0 radical (unpaired) electrons. The van der Waals surface area contributed by atoms with E-state index < -0.39 is 17.5 Å². The molecule has 1 fully saturated rings. The third-order valence-electron chi connectivity index (χ3n) is 5.19.